The fourth-order valence-electron chi connectivity index (χ4n) is 3.63. The molecule has 2 heterocycles. The molecule has 2 saturated heterocycles. The van der Waals surface area contributed by atoms with Gasteiger partial charge in [0.1, 0.15) is 7.28 Å². The molecule has 2 bridgehead atoms. The summed E-state index contributed by atoms with van der Waals surface area (Å²) in [4.78, 5) is 0.791. The third-order valence-corrected chi connectivity index (χ3v) is 5.74. The number of fused-ring (bicyclic) bond motifs is 2. The van der Waals surface area contributed by atoms with Crippen molar-refractivity contribution in [1.29, 1.82) is 0 Å². The molecule has 0 aromatic rings. The number of alkyl halides is 1. The Kier molecular flexibility index (Phi) is 5.25. The third kappa shape index (κ3) is 3.27. The fourth-order valence-corrected chi connectivity index (χ4v) is 4.61. The van der Waals surface area contributed by atoms with Crippen molar-refractivity contribution in [2.24, 2.45) is 5.92 Å². The van der Waals surface area contributed by atoms with Crippen LogP contribution in [-0.2, 0) is 0 Å². The van der Waals surface area contributed by atoms with Crippen molar-refractivity contribution < 1.29 is 0 Å². The van der Waals surface area contributed by atoms with Gasteiger partial charge in [0, 0.05) is 4.83 Å². The number of halogens is 1. The highest BCUT2D eigenvalue weighted by molar-refractivity contribution is 9.09. The first-order valence-electron chi connectivity index (χ1n) is 7.30. The summed E-state index contributed by atoms with van der Waals surface area (Å²) < 4.78 is 0. The van der Waals surface area contributed by atoms with Crippen LogP contribution < -0.4 is 0 Å². The van der Waals surface area contributed by atoms with E-state index in [2.05, 4.69) is 30.1 Å². The van der Waals surface area contributed by atoms with Gasteiger partial charge in [0.2, 0.25) is 0 Å². The van der Waals surface area contributed by atoms with Gasteiger partial charge in [0.05, 0.1) is 0 Å². The molecular formula is C14H25BBr. The van der Waals surface area contributed by atoms with E-state index in [4.69, 9.17) is 0 Å². The molecule has 0 amide bonds. The highest BCUT2D eigenvalue weighted by Crippen LogP contribution is 2.48. The van der Waals surface area contributed by atoms with Gasteiger partial charge in [-0.1, -0.05) is 85.9 Å². The van der Waals surface area contributed by atoms with E-state index in [0.29, 0.717) is 0 Å². The van der Waals surface area contributed by atoms with Gasteiger partial charge in [0.25, 0.3) is 0 Å². The Labute approximate surface area is 110 Å². The average Bonchev–Trinajstić information content (AvgIpc) is 2.30. The van der Waals surface area contributed by atoms with Crippen molar-refractivity contribution in [3.8, 4) is 0 Å². The standard InChI is InChI=1S/C14H25BBr/c1-2-3-4-8-14(16)12-10-9-11-6-5-7-13(12)15-11/h11-14H,2-10H2,1H3. The highest BCUT2D eigenvalue weighted by Gasteiger charge is 2.36. The van der Waals surface area contributed by atoms with E-state index in [-0.39, 0.29) is 0 Å². The molecule has 0 nitrogen and oxygen atoms in total. The van der Waals surface area contributed by atoms with E-state index in [1.807, 2.05) is 0 Å². The lowest BCUT2D eigenvalue weighted by molar-refractivity contribution is 0.327. The minimum absolute atomic E-state index is 0.791. The number of hydrogen-bond acceptors (Lipinski definition) is 0. The molecule has 0 spiro atoms. The summed E-state index contributed by atoms with van der Waals surface area (Å²) in [5, 5.41) is 0. The van der Waals surface area contributed by atoms with Crippen LogP contribution in [0.3, 0.4) is 0 Å². The lowest BCUT2D eigenvalue weighted by Crippen LogP contribution is -2.33. The van der Waals surface area contributed by atoms with E-state index in [1.165, 1.54) is 57.8 Å². The molecular weight excluding hydrogens is 259 g/mol. The zero-order chi connectivity index (χ0) is 11.4. The van der Waals surface area contributed by atoms with Crippen LogP contribution in [0.15, 0.2) is 0 Å². The van der Waals surface area contributed by atoms with Crippen molar-refractivity contribution in [3.05, 3.63) is 0 Å². The van der Waals surface area contributed by atoms with Crippen LogP contribution >= 0.6 is 15.9 Å². The van der Waals surface area contributed by atoms with Crippen molar-refractivity contribution in [2.45, 2.75) is 81.2 Å². The third-order valence-electron chi connectivity index (χ3n) is 4.60. The van der Waals surface area contributed by atoms with Crippen LogP contribution in [0.2, 0.25) is 11.6 Å². The molecule has 16 heavy (non-hydrogen) atoms. The van der Waals surface area contributed by atoms with Gasteiger partial charge < -0.3 is 0 Å². The molecule has 2 heteroatoms. The summed E-state index contributed by atoms with van der Waals surface area (Å²) >= 11 is 3.97. The lowest BCUT2D eigenvalue weighted by Gasteiger charge is -2.42. The number of unbranched alkanes of at least 4 members (excludes halogenated alkanes) is 2. The van der Waals surface area contributed by atoms with E-state index in [9.17, 15) is 0 Å². The first-order chi connectivity index (χ1) is 7.81. The van der Waals surface area contributed by atoms with Crippen molar-refractivity contribution in [2.75, 3.05) is 0 Å². The topological polar surface area (TPSA) is 0 Å². The SMILES string of the molecule is CCCCCC(Br)C1CCC2[B]C1CCC2. The maximum atomic E-state index is 3.97. The van der Waals surface area contributed by atoms with E-state index >= 15 is 0 Å². The average molecular weight is 284 g/mol. The van der Waals surface area contributed by atoms with Gasteiger partial charge in [-0.25, -0.2) is 0 Å². The second kappa shape index (κ2) is 6.47. The Balaban J connectivity index is 1.79. The first-order valence-corrected chi connectivity index (χ1v) is 8.22. The van der Waals surface area contributed by atoms with Gasteiger partial charge in [-0.3, -0.25) is 0 Å². The Morgan fingerprint density at radius 1 is 1.19 bits per heavy atom. The molecule has 0 N–H and O–H groups in total. The fraction of sp³-hybridized carbons (Fsp3) is 1.00. The molecule has 4 unspecified atom stereocenters. The Hall–Kier alpha value is 0.545. The van der Waals surface area contributed by atoms with Crippen molar-refractivity contribution in [1.82, 2.24) is 0 Å². The molecule has 0 aliphatic carbocycles. The molecule has 2 aliphatic rings. The summed E-state index contributed by atoms with van der Waals surface area (Å²) in [7, 11) is 2.70. The molecule has 2 rings (SSSR count). The van der Waals surface area contributed by atoms with E-state index in [1.54, 1.807) is 0 Å². The highest BCUT2D eigenvalue weighted by atomic mass is 79.9. The Morgan fingerprint density at radius 2 is 2.06 bits per heavy atom. The summed E-state index contributed by atoms with van der Waals surface area (Å²) in [5.74, 6) is 2.87. The van der Waals surface area contributed by atoms with Gasteiger partial charge in [-0.15, -0.1) is 0 Å². The molecule has 91 valence electrons. The number of rotatable bonds is 5. The van der Waals surface area contributed by atoms with E-state index in [0.717, 1.165) is 22.4 Å². The van der Waals surface area contributed by atoms with E-state index < -0.39 is 0 Å². The molecule has 1 radical (unpaired) electrons. The normalized spacial score (nSPS) is 35.5. The zero-order valence-corrected chi connectivity index (χ0v) is 12.2. The maximum Gasteiger partial charge on any atom is 0.118 e. The predicted molar refractivity (Wildman–Crippen MR) is 76.7 cm³/mol. The number of hydrogen-bond donors (Lipinski definition) is 0. The minimum Gasteiger partial charge on any atom is -0.0888 e. The van der Waals surface area contributed by atoms with Crippen LogP contribution in [-0.4, -0.2) is 12.1 Å². The molecule has 2 aliphatic heterocycles. The second-order valence-electron chi connectivity index (χ2n) is 5.80. The monoisotopic (exact) mass is 283 g/mol. The summed E-state index contributed by atoms with van der Waals surface area (Å²) in [6, 6.07) is 0. The molecule has 2 fully saturated rings. The van der Waals surface area contributed by atoms with Crippen molar-refractivity contribution >= 4 is 23.2 Å². The van der Waals surface area contributed by atoms with Gasteiger partial charge >= 0.3 is 0 Å². The van der Waals surface area contributed by atoms with Crippen LogP contribution in [0.5, 0.6) is 0 Å². The van der Waals surface area contributed by atoms with Gasteiger partial charge in [-0.05, 0) is 12.3 Å². The Bertz CT molecular complexity index is 207. The van der Waals surface area contributed by atoms with Crippen LogP contribution in [0, 0.1) is 5.92 Å². The summed E-state index contributed by atoms with van der Waals surface area (Å²) in [6.45, 7) is 2.29. The summed E-state index contributed by atoms with van der Waals surface area (Å²) in [5.41, 5.74) is 0. The van der Waals surface area contributed by atoms with Crippen LogP contribution in [0.4, 0.5) is 0 Å². The van der Waals surface area contributed by atoms with Crippen LogP contribution in [0.1, 0.15) is 64.7 Å². The van der Waals surface area contributed by atoms with Crippen molar-refractivity contribution in [3.63, 3.8) is 0 Å². The lowest BCUT2D eigenvalue weighted by atomic mass is 9.41. The smallest absolute Gasteiger partial charge is 0.0888 e. The largest absolute Gasteiger partial charge is 0.118 e. The molecule has 0 aromatic carbocycles. The first kappa shape index (κ1) is 13.0. The van der Waals surface area contributed by atoms with Gasteiger partial charge in [0.15, 0.2) is 0 Å². The second-order valence-corrected chi connectivity index (χ2v) is 6.98. The molecule has 0 aromatic heterocycles. The zero-order valence-electron chi connectivity index (χ0n) is 10.6. The maximum absolute atomic E-state index is 3.97. The predicted octanol–water partition coefficient (Wildman–Crippen LogP) is 5.21. The summed E-state index contributed by atoms with van der Waals surface area (Å²) in [6.07, 6.45) is 12.9. The van der Waals surface area contributed by atoms with Crippen LogP contribution in [0.25, 0.3) is 0 Å². The molecule has 4 atom stereocenters. The van der Waals surface area contributed by atoms with Gasteiger partial charge in [-0.2, -0.15) is 0 Å². The quantitative estimate of drug-likeness (QED) is 0.369. The minimum atomic E-state index is 0.791. The molecule has 0 saturated carbocycles. The Morgan fingerprint density at radius 3 is 2.88 bits per heavy atom.